The predicted octanol–water partition coefficient (Wildman–Crippen LogP) is 0.546. The van der Waals surface area contributed by atoms with E-state index in [2.05, 4.69) is 5.32 Å². The molecular weight excluding hydrogens is 248 g/mol. The number of ether oxygens (including phenoxy) is 3. The Bertz CT molecular complexity index is 399. The molecular formula is C13H20N2O4. The molecule has 0 aliphatic heterocycles. The third-order valence-corrected chi connectivity index (χ3v) is 2.41. The summed E-state index contributed by atoms with van der Waals surface area (Å²) in [6, 6.07) is 4.73. The van der Waals surface area contributed by atoms with Crippen LogP contribution < -0.4 is 25.3 Å². The smallest absolute Gasteiger partial charge is 0.236 e. The Morgan fingerprint density at radius 3 is 2.21 bits per heavy atom. The SMILES string of the molecule is COc1cc(OC)cc(OCCNC(=O)C(C)N)c1. The minimum atomic E-state index is -0.517. The molecule has 1 rings (SSSR count). The largest absolute Gasteiger partial charge is 0.496 e. The van der Waals surface area contributed by atoms with E-state index in [9.17, 15) is 4.79 Å². The summed E-state index contributed by atoms with van der Waals surface area (Å²) in [6.07, 6.45) is 0. The quantitative estimate of drug-likeness (QED) is 0.705. The van der Waals surface area contributed by atoms with Crippen LogP contribution in [0.2, 0.25) is 0 Å². The van der Waals surface area contributed by atoms with Crippen LogP contribution in [0.25, 0.3) is 0 Å². The highest BCUT2D eigenvalue weighted by atomic mass is 16.5. The highest BCUT2D eigenvalue weighted by molar-refractivity contribution is 5.80. The molecule has 0 bridgehead atoms. The maximum atomic E-state index is 11.2. The molecule has 106 valence electrons. The molecule has 1 amide bonds. The van der Waals surface area contributed by atoms with Crippen molar-refractivity contribution in [2.45, 2.75) is 13.0 Å². The van der Waals surface area contributed by atoms with Gasteiger partial charge in [0.2, 0.25) is 5.91 Å². The summed E-state index contributed by atoms with van der Waals surface area (Å²) in [7, 11) is 3.14. The van der Waals surface area contributed by atoms with Crippen molar-refractivity contribution < 1.29 is 19.0 Å². The molecule has 1 atom stereocenters. The average Bonchev–Trinajstić information content (AvgIpc) is 2.42. The second-order valence-corrected chi connectivity index (χ2v) is 3.98. The molecule has 0 heterocycles. The molecule has 0 spiro atoms. The summed E-state index contributed by atoms with van der Waals surface area (Å²) in [4.78, 5) is 11.2. The lowest BCUT2D eigenvalue weighted by Gasteiger charge is -2.11. The van der Waals surface area contributed by atoms with Crippen LogP contribution in [-0.4, -0.2) is 39.3 Å². The van der Waals surface area contributed by atoms with Gasteiger partial charge in [-0.25, -0.2) is 0 Å². The summed E-state index contributed by atoms with van der Waals surface area (Å²) >= 11 is 0. The van der Waals surface area contributed by atoms with Gasteiger partial charge in [-0.15, -0.1) is 0 Å². The zero-order valence-corrected chi connectivity index (χ0v) is 11.4. The van der Waals surface area contributed by atoms with E-state index in [0.29, 0.717) is 30.4 Å². The molecule has 1 aromatic carbocycles. The van der Waals surface area contributed by atoms with E-state index in [-0.39, 0.29) is 5.91 Å². The Kier molecular flexibility index (Phi) is 5.95. The van der Waals surface area contributed by atoms with Gasteiger partial charge in [0.25, 0.3) is 0 Å². The second-order valence-electron chi connectivity index (χ2n) is 3.98. The van der Waals surface area contributed by atoms with Crippen molar-refractivity contribution in [2.75, 3.05) is 27.4 Å². The topological polar surface area (TPSA) is 82.8 Å². The molecule has 6 nitrogen and oxygen atoms in total. The van der Waals surface area contributed by atoms with Crippen LogP contribution in [0.3, 0.4) is 0 Å². The fourth-order valence-electron chi connectivity index (χ4n) is 1.37. The van der Waals surface area contributed by atoms with Gasteiger partial charge in [-0.1, -0.05) is 0 Å². The van der Waals surface area contributed by atoms with Crippen LogP contribution in [0.5, 0.6) is 17.2 Å². The Hall–Kier alpha value is -1.95. The molecule has 1 aromatic rings. The van der Waals surface area contributed by atoms with Gasteiger partial charge in [-0.2, -0.15) is 0 Å². The minimum Gasteiger partial charge on any atom is -0.496 e. The molecule has 6 heteroatoms. The molecule has 19 heavy (non-hydrogen) atoms. The standard InChI is InChI=1S/C13H20N2O4/c1-9(14)13(16)15-4-5-19-12-7-10(17-2)6-11(8-12)18-3/h6-9H,4-5,14H2,1-3H3,(H,15,16). The Morgan fingerprint density at radius 2 is 1.74 bits per heavy atom. The number of carbonyl (C=O) groups excluding carboxylic acids is 1. The number of amides is 1. The predicted molar refractivity (Wildman–Crippen MR) is 71.7 cm³/mol. The molecule has 0 radical (unpaired) electrons. The Morgan fingerprint density at radius 1 is 1.21 bits per heavy atom. The average molecular weight is 268 g/mol. The molecule has 0 saturated carbocycles. The summed E-state index contributed by atoms with van der Waals surface area (Å²) in [6.45, 7) is 2.36. The number of benzene rings is 1. The third kappa shape index (κ3) is 5.05. The molecule has 0 aliphatic carbocycles. The van der Waals surface area contributed by atoms with Crippen molar-refractivity contribution >= 4 is 5.91 Å². The normalized spacial score (nSPS) is 11.6. The first-order chi connectivity index (χ1) is 9.06. The zero-order valence-electron chi connectivity index (χ0n) is 11.4. The third-order valence-electron chi connectivity index (χ3n) is 2.41. The van der Waals surface area contributed by atoms with Crippen molar-refractivity contribution in [1.29, 1.82) is 0 Å². The molecule has 3 N–H and O–H groups in total. The number of hydrogen-bond donors (Lipinski definition) is 2. The van der Waals surface area contributed by atoms with Crippen LogP contribution in [0.15, 0.2) is 18.2 Å². The van der Waals surface area contributed by atoms with Crippen LogP contribution in [-0.2, 0) is 4.79 Å². The highest BCUT2D eigenvalue weighted by Crippen LogP contribution is 2.27. The van der Waals surface area contributed by atoms with Crippen molar-refractivity contribution in [2.24, 2.45) is 5.73 Å². The molecule has 0 aromatic heterocycles. The van der Waals surface area contributed by atoms with Gasteiger partial charge < -0.3 is 25.3 Å². The van der Waals surface area contributed by atoms with E-state index >= 15 is 0 Å². The monoisotopic (exact) mass is 268 g/mol. The van der Waals surface area contributed by atoms with Crippen LogP contribution >= 0.6 is 0 Å². The van der Waals surface area contributed by atoms with E-state index in [1.807, 2.05) is 0 Å². The lowest BCUT2D eigenvalue weighted by Crippen LogP contribution is -2.40. The van der Waals surface area contributed by atoms with Gasteiger partial charge in [0.15, 0.2) is 0 Å². The number of hydrogen-bond acceptors (Lipinski definition) is 5. The highest BCUT2D eigenvalue weighted by Gasteiger charge is 2.06. The Labute approximate surface area is 112 Å². The minimum absolute atomic E-state index is 0.202. The number of nitrogens with two attached hydrogens (primary N) is 1. The van der Waals surface area contributed by atoms with Crippen LogP contribution in [0, 0.1) is 0 Å². The van der Waals surface area contributed by atoms with Gasteiger partial charge in [-0.05, 0) is 6.92 Å². The lowest BCUT2D eigenvalue weighted by molar-refractivity contribution is -0.122. The number of methoxy groups -OCH3 is 2. The van der Waals surface area contributed by atoms with Crippen molar-refractivity contribution in [1.82, 2.24) is 5.32 Å². The number of carbonyl (C=O) groups is 1. The lowest BCUT2D eigenvalue weighted by atomic mass is 10.3. The summed E-state index contributed by atoms with van der Waals surface area (Å²) in [5, 5.41) is 2.66. The number of rotatable bonds is 7. The van der Waals surface area contributed by atoms with E-state index in [4.69, 9.17) is 19.9 Å². The van der Waals surface area contributed by atoms with Crippen molar-refractivity contribution in [3.63, 3.8) is 0 Å². The molecule has 0 saturated heterocycles. The summed E-state index contributed by atoms with van der Waals surface area (Å²) < 4.78 is 15.8. The van der Waals surface area contributed by atoms with E-state index in [1.54, 1.807) is 39.3 Å². The maximum Gasteiger partial charge on any atom is 0.236 e. The van der Waals surface area contributed by atoms with Gasteiger partial charge in [-0.3, -0.25) is 4.79 Å². The molecule has 0 aliphatic rings. The fraction of sp³-hybridized carbons (Fsp3) is 0.462. The van der Waals surface area contributed by atoms with E-state index in [0.717, 1.165) is 0 Å². The summed E-state index contributed by atoms with van der Waals surface area (Å²) in [5.41, 5.74) is 5.42. The van der Waals surface area contributed by atoms with Gasteiger partial charge in [0, 0.05) is 18.2 Å². The number of nitrogens with one attached hydrogen (secondary N) is 1. The van der Waals surface area contributed by atoms with Crippen molar-refractivity contribution in [3.8, 4) is 17.2 Å². The van der Waals surface area contributed by atoms with Gasteiger partial charge in [0.1, 0.15) is 23.9 Å². The first-order valence-electron chi connectivity index (χ1n) is 5.96. The van der Waals surface area contributed by atoms with E-state index < -0.39 is 6.04 Å². The first-order valence-corrected chi connectivity index (χ1v) is 5.96. The molecule has 0 fully saturated rings. The molecule has 1 unspecified atom stereocenters. The van der Waals surface area contributed by atoms with Gasteiger partial charge in [0.05, 0.1) is 26.8 Å². The fourth-order valence-corrected chi connectivity index (χ4v) is 1.37. The Balaban J connectivity index is 2.46. The van der Waals surface area contributed by atoms with E-state index in [1.165, 1.54) is 0 Å². The first kappa shape index (κ1) is 15.1. The van der Waals surface area contributed by atoms with Crippen LogP contribution in [0.1, 0.15) is 6.92 Å². The second kappa shape index (κ2) is 7.48. The maximum absolute atomic E-state index is 11.2. The van der Waals surface area contributed by atoms with Gasteiger partial charge >= 0.3 is 0 Å². The van der Waals surface area contributed by atoms with Crippen molar-refractivity contribution in [3.05, 3.63) is 18.2 Å². The summed E-state index contributed by atoms with van der Waals surface area (Å²) in [5.74, 6) is 1.71. The van der Waals surface area contributed by atoms with Crippen LogP contribution in [0.4, 0.5) is 0 Å². The zero-order chi connectivity index (χ0) is 14.3.